The van der Waals surface area contributed by atoms with Crippen LogP contribution in [0.4, 0.5) is 0 Å². The molecule has 0 fully saturated rings. The first-order chi connectivity index (χ1) is 13.7. The summed E-state index contributed by atoms with van der Waals surface area (Å²) in [5.41, 5.74) is 7.66. The van der Waals surface area contributed by atoms with Crippen LogP contribution in [0, 0.1) is 6.92 Å². The van der Waals surface area contributed by atoms with Gasteiger partial charge in [0.05, 0.1) is 11.8 Å². The van der Waals surface area contributed by atoms with E-state index in [1.807, 2.05) is 12.1 Å². The number of hydrazone groups is 1. The molecule has 138 valence electrons. The normalized spacial score (nSPS) is 11.2. The molecule has 2 aromatic heterocycles. The van der Waals surface area contributed by atoms with Crippen molar-refractivity contribution >= 4 is 23.0 Å². The molecule has 0 aliphatic heterocycles. The molecule has 2 aromatic carbocycles. The SMILES string of the molecule is Cc1ccccc1Cn1cc(/C=N\NC(=O)c2cccnc2)c2ccccc21. The minimum Gasteiger partial charge on any atom is -0.342 e. The van der Waals surface area contributed by atoms with Crippen molar-refractivity contribution in [1.82, 2.24) is 15.0 Å². The van der Waals surface area contributed by atoms with Gasteiger partial charge in [0.2, 0.25) is 0 Å². The zero-order valence-corrected chi connectivity index (χ0v) is 15.5. The van der Waals surface area contributed by atoms with Crippen LogP contribution in [0.3, 0.4) is 0 Å². The van der Waals surface area contributed by atoms with Crippen molar-refractivity contribution in [2.24, 2.45) is 5.10 Å². The van der Waals surface area contributed by atoms with E-state index < -0.39 is 0 Å². The van der Waals surface area contributed by atoms with Gasteiger partial charge in [0.25, 0.3) is 5.91 Å². The Hall–Kier alpha value is -3.73. The van der Waals surface area contributed by atoms with E-state index in [-0.39, 0.29) is 5.91 Å². The first-order valence-electron chi connectivity index (χ1n) is 9.08. The maximum absolute atomic E-state index is 12.1. The predicted octanol–water partition coefficient (Wildman–Crippen LogP) is 4.16. The molecule has 0 unspecified atom stereocenters. The fourth-order valence-electron chi connectivity index (χ4n) is 3.20. The van der Waals surface area contributed by atoms with Crippen LogP contribution in [0.2, 0.25) is 0 Å². The lowest BCUT2D eigenvalue weighted by molar-refractivity contribution is 0.0955. The van der Waals surface area contributed by atoms with Crippen molar-refractivity contribution in [3.05, 3.63) is 102 Å². The minimum absolute atomic E-state index is 0.284. The summed E-state index contributed by atoms with van der Waals surface area (Å²) in [6.45, 7) is 2.90. The van der Waals surface area contributed by atoms with E-state index in [2.05, 4.69) is 69.6 Å². The molecular formula is C23H20N4O. The fourth-order valence-corrected chi connectivity index (χ4v) is 3.20. The van der Waals surface area contributed by atoms with Crippen LogP contribution >= 0.6 is 0 Å². The van der Waals surface area contributed by atoms with E-state index in [1.165, 1.54) is 17.3 Å². The molecule has 0 radical (unpaired) electrons. The Bertz CT molecular complexity index is 1150. The van der Waals surface area contributed by atoms with Crippen molar-refractivity contribution in [3.63, 3.8) is 0 Å². The Balaban J connectivity index is 1.59. The lowest BCUT2D eigenvalue weighted by Gasteiger charge is -2.08. The van der Waals surface area contributed by atoms with Gasteiger partial charge < -0.3 is 4.57 Å². The highest BCUT2D eigenvalue weighted by Crippen LogP contribution is 2.22. The highest BCUT2D eigenvalue weighted by atomic mass is 16.2. The van der Waals surface area contributed by atoms with Crippen LogP contribution in [-0.2, 0) is 6.54 Å². The molecule has 0 aliphatic rings. The zero-order chi connectivity index (χ0) is 19.3. The van der Waals surface area contributed by atoms with E-state index in [0.29, 0.717) is 5.56 Å². The third kappa shape index (κ3) is 3.69. The molecule has 1 amide bonds. The Morgan fingerprint density at radius 3 is 2.75 bits per heavy atom. The predicted molar refractivity (Wildman–Crippen MR) is 112 cm³/mol. The lowest BCUT2D eigenvalue weighted by Crippen LogP contribution is -2.17. The van der Waals surface area contributed by atoms with Crippen LogP contribution < -0.4 is 5.43 Å². The monoisotopic (exact) mass is 368 g/mol. The number of nitrogens with one attached hydrogen (secondary N) is 1. The van der Waals surface area contributed by atoms with Gasteiger partial charge in [0.15, 0.2) is 0 Å². The average Bonchev–Trinajstić information content (AvgIpc) is 3.08. The highest BCUT2D eigenvalue weighted by Gasteiger charge is 2.08. The molecule has 0 aliphatic carbocycles. The van der Waals surface area contributed by atoms with Crippen molar-refractivity contribution in [1.29, 1.82) is 0 Å². The van der Waals surface area contributed by atoms with Crippen molar-refractivity contribution < 1.29 is 4.79 Å². The molecule has 28 heavy (non-hydrogen) atoms. The second-order valence-corrected chi connectivity index (χ2v) is 6.60. The fraction of sp³-hybridized carbons (Fsp3) is 0.0870. The van der Waals surface area contributed by atoms with Crippen molar-refractivity contribution in [3.8, 4) is 0 Å². The highest BCUT2D eigenvalue weighted by molar-refractivity contribution is 6.00. The third-order valence-corrected chi connectivity index (χ3v) is 4.71. The third-order valence-electron chi connectivity index (χ3n) is 4.71. The molecule has 4 aromatic rings. The summed E-state index contributed by atoms with van der Waals surface area (Å²) in [6, 6.07) is 20.0. The zero-order valence-electron chi connectivity index (χ0n) is 15.5. The van der Waals surface area contributed by atoms with Gasteiger partial charge in [-0.3, -0.25) is 9.78 Å². The van der Waals surface area contributed by atoms with Gasteiger partial charge in [0, 0.05) is 41.6 Å². The number of fused-ring (bicyclic) bond motifs is 1. The number of para-hydroxylation sites is 1. The van der Waals surface area contributed by atoms with Crippen LogP contribution in [0.25, 0.3) is 10.9 Å². The standard InChI is InChI=1S/C23H20N4O/c1-17-7-2-3-8-19(17)15-27-16-20(21-10-4-5-11-22(21)27)14-25-26-23(28)18-9-6-12-24-13-18/h2-14,16H,15H2,1H3,(H,26,28)/b25-14-. The molecule has 2 heterocycles. The summed E-state index contributed by atoms with van der Waals surface area (Å²) in [7, 11) is 0. The number of nitrogens with zero attached hydrogens (tertiary/aromatic N) is 3. The minimum atomic E-state index is -0.284. The Morgan fingerprint density at radius 2 is 1.93 bits per heavy atom. The molecular weight excluding hydrogens is 348 g/mol. The van der Waals surface area contributed by atoms with E-state index in [0.717, 1.165) is 23.0 Å². The molecule has 0 atom stereocenters. The smallest absolute Gasteiger partial charge is 0.272 e. The molecule has 0 spiro atoms. The number of rotatable bonds is 5. The molecule has 1 N–H and O–H groups in total. The second-order valence-electron chi connectivity index (χ2n) is 6.60. The number of hydrogen-bond acceptors (Lipinski definition) is 3. The van der Waals surface area contributed by atoms with Crippen LogP contribution in [0.15, 0.2) is 84.4 Å². The maximum atomic E-state index is 12.1. The molecule has 5 nitrogen and oxygen atoms in total. The lowest BCUT2D eigenvalue weighted by atomic mass is 10.1. The Labute approximate surface area is 163 Å². The van der Waals surface area contributed by atoms with Gasteiger partial charge in [-0.2, -0.15) is 5.10 Å². The van der Waals surface area contributed by atoms with Gasteiger partial charge in [-0.15, -0.1) is 0 Å². The van der Waals surface area contributed by atoms with Gasteiger partial charge in [-0.05, 0) is 36.2 Å². The summed E-state index contributed by atoms with van der Waals surface area (Å²) < 4.78 is 2.21. The first kappa shape index (κ1) is 17.7. The van der Waals surface area contributed by atoms with Crippen LogP contribution in [0.5, 0.6) is 0 Å². The summed E-state index contributed by atoms with van der Waals surface area (Å²) in [5.74, 6) is -0.284. The topological polar surface area (TPSA) is 59.3 Å². The van der Waals surface area contributed by atoms with Crippen LogP contribution in [0.1, 0.15) is 27.0 Å². The average molecular weight is 368 g/mol. The van der Waals surface area contributed by atoms with Crippen LogP contribution in [-0.4, -0.2) is 21.7 Å². The largest absolute Gasteiger partial charge is 0.342 e. The van der Waals surface area contributed by atoms with Crippen molar-refractivity contribution in [2.45, 2.75) is 13.5 Å². The summed E-state index contributed by atoms with van der Waals surface area (Å²) >= 11 is 0. The Morgan fingerprint density at radius 1 is 1.11 bits per heavy atom. The Kier molecular flexibility index (Phi) is 4.97. The molecule has 0 saturated heterocycles. The van der Waals surface area contributed by atoms with Gasteiger partial charge >= 0.3 is 0 Å². The number of carbonyl (C=O) groups excluding carboxylic acids is 1. The van der Waals surface area contributed by atoms with Gasteiger partial charge in [-0.25, -0.2) is 5.43 Å². The number of pyridine rings is 1. The number of aryl methyl sites for hydroxylation is 1. The summed E-state index contributed by atoms with van der Waals surface area (Å²) in [4.78, 5) is 16.1. The van der Waals surface area contributed by atoms with E-state index in [4.69, 9.17) is 0 Å². The first-order valence-corrected chi connectivity index (χ1v) is 9.08. The molecule has 0 saturated carbocycles. The quantitative estimate of drug-likeness (QED) is 0.425. The van der Waals surface area contributed by atoms with Crippen molar-refractivity contribution in [2.75, 3.05) is 0 Å². The van der Waals surface area contributed by atoms with E-state index >= 15 is 0 Å². The summed E-state index contributed by atoms with van der Waals surface area (Å²) in [5, 5.41) is 5.23. The van der Waals surface area contributed by atoms with Gasteiger partial charge in [0.1, 0.15) is 0 Å². The molecule has 0 bridgehead atoms. The molecule has 5 heteroatoms. The number of aromatic nitrogens is 2. The van der Waals surface area contributed by atoms with E-state index in [1.54, 1.807) is 24.5 Å². The van der Waals surface area contributed by atoms with Gasteiger partial charge in [-0.1, -0.05) is 42.5 Å². The maximum Gasteiger partial charge on any atom is 0.272 e. The molecule has 4 rings (SSSR count). The summed E-state index contributed by atoms with van der Waals surface area (Å²) in [6.07, 6.45) is 6.89. The van der Waals surface area contributed by atoms with E-state index in [9.17, 15) is 4.79 Å². The number of carbonyl (C=O) groups is 1. The number of hydrogen-bond donors (Lipinski definition) is 1. The number of amides is 1. The second kappa shape index (κ2) is 7.88. The number of benzene rings is 2.